The Hall–Kier alpha value is -2.17. The van der Waals surface area contributed by atoms with Crippen molar-refractivity contribution in [2.75, 3.05) is 7.05 Å². The van der Waals surface area contributed by atoms with Gasteiger partial charge in [-0.25, -0.2) is 4.99 Å². The van der Waals surface area contributed by atoms with E-state index in [2.05, 4.69) is 10.3 Å². The highest BCUT2D eigenvalue weighted by atomic mass is 35.5. The second-order valence-electron chi connectivity index (χ2n) is 4.92. The molecule has 1 aliphatic rings. The number of benzene rings is 2. The summed E-state index contributed by atoms with van der Waals surface area (Å²) < 4.78 is 6.00. The summed E-state index contributed by atoms with van der Waals surface area (Å²) in [6, 6.07) is 16.9. The first kappa shape index (κ1) is 14.8. The molecule has 0 aromatic heterocycles. The molecule has 1 N–H and O–H groups in total. The van der Waals surface area contributed by atoms with E-state index in [0.717, 1.165) is 11.1 Å². The molecule has 1 aliphatic heterocycles. The molecule has 2 aromatic carbocycles. The summed E-state index contributed by atoms with van der Waals surface area (Å²) in [5, 5.41) is 3.25. The topological polar surface area (TPSA) is 50.7 Å². The molecule has 0 saturated heterocycles. The van der Waals surface area contributed by atoms with Crippen LogP contribution >= 0.6 is 11.6 Å². The molecule has 5 heteroatoms. The predicted octanol–water partition coefficient (Wildman–Crippen LogP) is 3.30. The highest BCUT2D eigenvalue weighted by molar-refractivity contribution is 6.41. The van der Waals surface area contributed by atoms with E-state index in [4.69, 9.17) is 16.3 Å². The Balaban J connectivity index is 1.95. The van der Waals surface area contributed by atoms with Gasteiger partial charge in [0.2, 0.25) is 0 Å². The average Bonchev–Trinajstić information content (AvgIpc) is 3.01. The fraction of sp³-hybridized carbons (Fsp3) is 0.176. The van der Waals surface area contributed by atoms with Gasteiger partial charge >= 0.3 is 0 Å². The van der Waals surface area contributed by atoms with E-state index in [9.17, 15) is 4.79 Å². The summed E-state index contributed by atoms with van der Waals surface area (Å²) >= 11 is 5.92. The maximum Gasteiger partial charge on any atom is 0.268 e. The zero-order valence-corrected chi connectivity index (χ0v) is 12.7. The maximum absolute atomic E-state index is 12.1. The third-order valence-electron chi connectivity index (χ3n) is 3.49. The van der Waals surface area contributed by atoms with Crippen LogP contribution in [0.5, 0.6) is 0 Å². The lowest BCUT2D eigenvalue weighted by atomic mass is 10.0. The molecule has 1 amide bonds. The van der Waals surface area contributed by atoms with E-state index in [0.29, 0.717) is 10.7 Å². The van der Waals surface area contributed by atoms with Gasteiger partial charge in [0.05, 0.1) is 0 Å². The van der Waals surface area contributed by atoms with E-state index < -0.39 is 12.3 Å². The molecule has 3 rings (SSSR count). The molecular weight excluding hydrogens is 300 g/mol. The van der Waals surface area contributed by atoms with Crippen molar-refractivity contribution in [1.82, 2.24) is 5.32 Å². The molecule has 0 aliphatic carbocycles. The van der Waals surface area contributed by atoms with Crippen molar-refractivity contribution in [2.45, 2.75) is 12.3 Å². The van der Waals surface area contributed by atoms with Crippen LogP contribution in [0.15, 0.2) is 59.6 Å². The van der Waals surface area contributed by atoms with Crippen molar-refractivity contribution in [3.63, 3.8) is 0 Å². The van der Waals surface area contributed by atoms with Gasteiger partial charge in [-0.15, -0.1) is 0 Å². The monoisotopic (exact) mass is 314 g/mol. The molecular formula is C17H15ClN2O2. The lowest BCUT2D eigenvalue weighted by Gasteiger charge is -2.15. The Kier molecular flexibility index (Phi) is 4.22. The van der Waals surface area contributed by atoms with Gasteiger partial charge in [-0.05, 0) is 17.7 Å². The number of hydrogen-bond donors (Lipinski definition) is 1. The van der Waals surface area contributed by atoms with Crippen molar-refractivity contribution in [2.24, 2.45) is 4.99 Å². The standard InChI is InChI=1S/C17H15ClN2O2/c1-19-16(21)14-15(11-7-9-13(18)10-8-11)22-17(20-14)12-5-3-2-4-6-12/h2-10,15,17H,1H3,(H,19,21). The van der Waals surface area contributed by atoms with Gasteiger partial charge in [0.25, 0.3) is 5.91 Å². The zero-order valence-electron chi connectivity index (χ0n) is 12.0. The van der Waals surface area contributed by atoms with Crippen LogP contribution in [-0.4, -0.2) is 18.7 Å². The highest BCUT2D eigenvalue weighted by Crippen LogP contribution is 2.35. The summed E-state index contributed by atoms with van der Waals surface area (Å²) in [7, 11) is 1.58. The minimum atomic E-state index is -0.498. The van der Waals surface area contributed by atoms with Gasteiger partial charge in [-0.1, -0.05) is 54.1 Å². The third-order valence-corrected chi connectivity index (χ3v) is 3.74. The Labute approximate surface area is 133 Å². The van der Waals surface area contributed by atoms with Gasteiger partial charge < -0.3 is 10.1 Å². The molecule has 22 heavy (non-hydrogen) atoms. The molecule has 2 aromatic rings. The summed E-state index contributed by atoms with van der Waals surface area (Å²) in [5.41, 5.74) is 2.14. The van der Waals surface area contributed by atoms with Crippen molar-refractivity contribution in [3.05, 3.63) is 70.7 Å². The molecule has 112 valence electrons. The first-order valence-corrected chi connectivity index (χ1v) is 7.32. The van der Waals surface area contributed by atoms with Crippen LogP contribution in [0.3, 0.4) is 0 Å². The van der Waals surface area contributed by atoms with Gasteiger partial charge in [-0.3, -0.25) is 4.79 Å². The molecule has 2 atom stereocenters. The summed E-state index contributed by atoms with van der Waals surface area (Å²) in [6.45, 7) is 0. The van der Waals surface area contributed by atoms with E-state index in [1.165, 1.54) is 0 Å². The van der Waals surface area contributed by atoms with Crippen LogP contribution in [0, 0.1) is 0 Å². The Morgan fingerprint density at radius 1 is 1.09 bits per heavy atom. The number of hydrogen-bond acceptors (Lipinski definition) is 3. The summed E-state index contributed by atoms with van der Waals surface area (Å²) in [5.74, 6) is -0.238. The van der Waals surface area contributed by atoms with Crippen LogP contribution < -0.4 is 5.32 Å². The van der Waals surface area contributed by atoms with E-state index in [1.807, 2.05) is 42.5 Å². The van der Waals surface area contributed by atoms with Crippen LogP contribution in [0.2, 0.25) is 5.02 Å². The fourth-order valence-electron chi connectivity index (χ4n) is 2.37. The third kappa shape index (κ3) is 2.89. The average molecular weight is 315 g/mol. The van der Waals surface area contributed by atoms with Crippen molar-refractivity contribution in [3.8, 4) is 0 Å². The fourth-order valence-corrected chi connectivity index (χ4v) is 2.49. The second-order valence-corrected chi connectivity index (χ2v) is 5.36. The Morgan fingerprint density at radius 2 is 1.77 bits per heavy atom. The zero-order chi connectivity index (χ0) is 15.5. The lowest BCUT2D eigenvalue weighted by molar-refractivity contribution is -0.114. The predicted molar refractivity (Wildman–Crippen MR) is 86.0 cm³/mol. The number of carbonyl (C=O) groups excluding carboxylic acids is 1. The second kappa shape index (κ2) is 6.30. The van der Waals surface area contributed by atoms with E-state index in [-0.39, 0.29) is 5.91 Å². The van der Waals surface area contributed by atoms with Crippen LogP contribution in [0.4, 0.5) is 0 Å². The van der Waals surface area contributed by atoms with Crippen LogP contribution in [0.1, 0.15) is 23.5 Å². The largest absolute Gasteiger partial charge is 0.354 e. The molecule has 1 heterocycles. The van der Waals surface area contributed by atoms with Crippen molar-refractivity contribution in [1.29, 1.82) is 0 Å². The van der Waals surface area contributed by atoms with Gasteiger partial charge in [0.1, 0.15) is 11.8 Å². The quantitative estimate of drug-likeness (QED) is 0.945. The van der Waals surface area contributed by atoms with E-state index in [1.54, 1.807) is 19.2 Å². The maximum atomic E-state index is 12.1. The number of halogens is 1. The lowest BCUT2D eigenvalue weighted by Crippen LogP contribution is -2.30. The molecule has 2 unspecified atom stereocenters. The number of ether oxygens (including phenoxy) is 1. The number of amides is 1. The molecule has 0 fully saturated rings. The molecule has 0 radical (unpaired) electrons. The number of rotatable bonds is 3. The minimum Gasteiger partial charge on any atom is -0.354 e. The Bertz CT molecular complexity index is 698. The normalized spacial score (nSPS) is 20.5. The molecule has 0 bridgehead atoms. The number of aliphatic imine (C=N–C) groups is 1. The summed E-state index contributed by atoms with van der Waals surface area (Å²) in [4.78, 5) is 16.6. The molecule has 4 nitrogen and oxygen atoms in total. The van der Waals surface area contributed by atoms with Gasteiger partial charge in [0.15, 0.2) is 6.23 Å². The van der Waals surface area contributed by atoms with Crippen LogP contribution in [-0.2, 0) is 9.53 Å². The number of nitrogens with one attached hydrogen (secondary N) is 1. The number of nitrogens with zero attached hydrogens (tertiary/aromatic N) is 1. The van der Waals surface area contributed by atoms with Gasteiger partial charge in [-0.2, -0.15) is 0 Å². The van der Waals surface area contributed by atoms with Crippen molar-refractivity contribution < 1.29 is 9.53 Å². The first-order valence-electron chi connectivity index (χ1n) is 6.94. The van der Waals surface area contributed by atoms with Gasteiger partial charge in [0, 0.05) is 17.6 Å². The smallest absolute Gasteiger partial charge is 0.268 e. The Morgan fingerprint density at radius 3 is 2.41 bits per heavy atom. The van der Waals surface area contributed by atoms with E-state index >= 15 is 0 Å². The SMILES string of the molecule is CNC(=O)C1=NC(c2ccccc2)OC1c1ccc(Cl)cc1. The molecule has 0 saturated carbocycles. The summed E-state index contributed by atoms with van der Waals surface area (Å²) in [6.07, 6.45) is -0.975. The highest BCUT2D eigenvalue weighted by Gasteiger charge is 2.34. The number of carbonyl (C=O) groups is 1. The minimum absolute atomic E-state index is 0.238. The van der Waals surface area contributed by atoms with Crippen molar-refractivity contribution >= 4 is 23.2 Å². The van der Waals surface area contributed by atoms with Crippen LogP contribution in [0.25, 0.3) is 0 Å². The first-order chi connectivity index (χ1) is 10.7. The molecule has 0 spiro atoms.